The zero-order valence-corrected chi connectivity index (χ0v) is 13.2. The lowest BCUT2D eigenvalue weighted by molar-refractivity contribution is 0.145. The summed E-state index contributed by atoms with van der Waals surface area (Å²) < 4.78 is 21.1. The number of aliphatic hydroxyl groups excluding tert-OH is 1. The van der Waals surface area contributed by atoms with Crippen LogP contribution in [-0.2, 0) is 13.1 Å². The van der Waals surface area contributed by atoms with Crippen molar-refractivity contribution in [2.24, 2.45) is 5.92 Å². The van der Waals surface area contributed by atoms with Crippen LogP contribution >= 0.6 is 0 Å². The lowest BCUT2D eigenvalue weighted by Gasteiger charge is -2.16. The first-order valence-electron chi connectivity index (χ1n) is 8.23. The summed E-state index contributed by atoms with van der Waals surface area (Å²) in [5, 5.41) is 18.6. The molecular formula is C18H20FN3O2. The SMILES string of the molecule is O[C@@H]1CC(Cn2cccn2)C[C@H]1NCc1cc(F)cc2ccoc12. The van der Waals surface area contributed by atoms with Gasteiger partial charge in [-0.3, -0.25) is 4.68 Å². The average Bonchev–Trinajstić information content (AvgIpc) is 3.27. The van der Waals surface area contributed by atoms with Gasteiger partial charge in [-0.1, -0.05) is 0 Å². The molecule has 1 aliphatic rings. The molecule has 1 unspecified atom stereocenters. The summed E-state index contributed by atoms with van der Waals surface area (Å²) in [6.07, 6.45) is 6.49. The van der Waals surface area contributed by atoms with Gasteiger partial charge >= 0.3 is 0 Å². The Bertz CT molecular complexity index is 815. The van der Waals surface area contributed by atoms with Crippen LogP contribution in [0.2, 0.25) is 0 Å². The molecule has 3 atom stereocenters. The fourth-order valence-corrected chi connectivity index (χ4v) is 3.65. The maximum Gasteiger partial charge on any atom is 0.138 e. The van der Waals surface area contributed by atoms with Crippen LogP contribution in [0.25, 0.3) is 11.0 Å². The van der Waals surface area contributed by atoms with Gasteiger partial charge in [0, 0.05) is 42.5 Å². The first-order valence-corrected chi connectivity index (χ1v) is 8.23. The summed E-state index contributed by atoms with van der Waals surface area (Å²) in [6, 6.07) is 6.61. The molecule has 5 nitrogen and oxygen atoms in total. The molecule has 2 N–H and O–H groups in total. The van der Waals surface area contributed by atoms with Crippen LogP contribution in [0.4, 0.5) is 4.39 Å². The third-order valence-electron chi connectivity index (χ3n) is 4.78. The highest BCUT2D eigenvalue weighted by Gasteiger charge is 2.32. The van der Waals surface area contributed by atoms with Crippen LogP contribution in [0.15, 0.2) is 47.3 Å². The first-order chi connectivity index (χ1) is 11.7. The van der Waals surface area contributed by atoms with E-state index in [4.69, 9.17) is 4.42 Å². The van der Waals surface area contributed by atoms with Crippen molar-refractivity contribution in [3.05, 3.63) is 54.3 Å². The Morgan fingerprint density at radius 3 is 3.12 bits per heavy atom. The maximum absolute atomic E-state index is 13.7. The molecule has 1 aromatic carbocycles. The number of halogens is 1. The van der Waals surface area contributed by atoms with Crippen molar-refractivity contribution in [1.82, 2.24) is 15.1 Å². The number of hydrogen-bond donors (Lipinski definition) is 2. The van der Waals surface area contributed by atoms with Gasteiger partial charge in [0.2, 0.25) is 0 Å². The van der Waals surface area contributed by atoms with Gasteiger partial charge < -0.3 is 14.8 Å². The van der Waals surface area contributed by atoms with E-state index in [9.17, 15) is 9.50 Å². The third-order valence-corrected chi connectivity index (χ3v) is 4.78. The van der Waals surface area contributed by atoms with Gasteiger partial charge in [-0.2, -0.15) is 5.10 Å². The van der Waals surface area contributed by atoms with Crippen LogP contribution in [0.5, 0.6) is 0 Å². The summed E-state index contributed by atoms with van der Waals surface area (Å²) in [4.78, 5) is 0. The molecule has 0 saturated heterocycles. The number of benzene rings is 1. The quantitative estimate of drug-likeness (QED) is 0.755. The van der Waals surface area contributed by atoms with E-state index >= 15 is 0 Å². The number of nitrogens with one attached hydrogen (secondary N) is 1. The van der Waals surface area contributed by atoms with E-state index < -0.39 is 6.10 Å². The smallest absolute Gasteiger partial charge is 0.138 e. The van der Waals surface area contributed by atoms with Gasteiger partial charge in [0.05, 0.1) is 12.4 Å². The second-order valence-corrected chi connectivity index (χ2v) is 6.52. The fourth-order valence-electron chi connectivity index (χ4n) is 3.65. The Morgan fingerprint density at radius 2 is 2.29 bits per heavy atom. The van der Waals surface area contributed by atoms with E-state index in [-0.39, 0.29) is 11.9 Å². The molecule has 0 radical (unpaired) electrons. The van der Waals surface area contributed by atoms with E-state index in [1.165, 1.54) is 12.1 Å². The molecule has 0 aliphatic heterocycles. The molecule has 6 heteroatoms. The number of aromatic nitrogens is 2. The molecule has 0 spiro atoms. The van der Waals surface area contributed by atoms with Crippen molar-refractivity contribution < 1.29 is 13.9 Å². The average molecular weight is 329 g/mol. The number of hydrogen-bond acceptors (Lipinski definition) is 4. The van der Waals surface area contributed by atoms with Gasteiger partial charge in [0.25, 0.3) is 0 Å². The van der Waals surface area contributed by atoms with E-state index in [2.05, 4.69) is 10.4 Å². The van der Waals surface area contributed by atoms with Crippen LogP contribution < -0.4 is 5.32 Å². The van der Waals surface area contributed by atoms with Gasteiger partial charge in [0.1, 0.15) is 11.4 Å². The predicted octanol–water partition coefficient (Wildman–Crippen LogP) is 2.70. The van der Waals surface area contributed by atoms with E-state index in [1.807, 2.05) is 16.9 Å². The minimum Gasteiger partial charge on any atom is -0.464 e. The summed E-state index contributed by atoms with van der Waals surface area (Å²) in [5.41, 5.74) is 1.47. The lowest BCUT2D eigenvalue weighted by Crippen LogP contribution is -2.35. The van der Waals surface area contributed by atoms with Gasteiger partial charge in [-0.25, -0.2) is 4.39 Å². The van der Waals surface area contributed by atoms with E-state index in [1.54, 1.807) is 18.5 Å². The predicted molar refractivity (Wildman–Crippen MR) is 87.8 cm³/mol. The number of aliphatic hydroxyl groups is 1. The normalized spacial score (nSPS) is 24.0. The standard InChI is InChI=1S/C18H20FN3O2/c19-15-8-13-2-5-24-18(13)14(9-15)10-20-16-6-12(7-17(16)23)11-22-4-1-3-21-22/h1-5,8-9,12,16-17,20,23H,6-7,10-11H2/t12?,16-,17-/m1/s1. The Kier molecular flexibility index (Phi) is 4.08. The third kappa shape index (κ3) is 3.07. The number of nitrogens with zero attached hydrogens (tertiary/aromatic N) is 2. The number of fused-ring (bicyclic) bond motifs is 1. The van der Waals surface area contributed by atoms with Crippen molar-refractivity contribution in [2.75, 3.05) is 0 Å². The Labute approximate surface area is 139 Å². The van der Waals surface area contributed by atoms with Crippen LogP contribution in [0, 0.1) is 11.7 Å². The molecule has 24 heavy (non-hydrogen) atoms. The minimum atomic E-state index is -0.397. The van der Waals surface area contributed by atoms with Gasteiger partial charge in [-0.15, -0.1) is 0 Å². The number of rotatable bonds is 5. The summed E-state index contributed by atoms with van der Waals surface area (Å²) in [5.74, 6) is 0.109. The van der Waals surface area contributed by atoms with E-state index in [0.29, 0.717) is 18.0 Å². The molecule has 3 aromatic rings. The molecule has 0 amide bonds. The Morgan fingerprint density at radius 1 is 1.38 bits per heavy atom. The van der Waals surface area contributed by atoms with Crippen molar-refractivity contribution >= 4 is 11.0 Å². The van der Waals surface area contributed by atoms with Gasteiger partial charge in [-0.05, 0) is 43.0 Å². The van der Waals surface area contributed by atoms with Crippen molar-refractivity contribution in [3.63, 3.8) is 0 Å². The highest BCUT2D eigenvalue weighted by atomic mass is 19.1. The maximum atomic E-state index is 13.7. The van der Waals surface area contributed by atoms with Gasteiger partial charge in [0.15, 0.2) is 0 Å². The van der Waals surface area contributed by atoms with Crippen LogP contribution in [0.1, 0.15) is 18.4 Å². The molecular weight excluding hydrogens is 309 g/mol. The minimum absolute atomic E-state index is 0.00107. The monoisotopic (exact) mass is 329 g/mol. The molecule has 2 heterocycles. The van der Waals surface area contributed by atoms with Crippen LogP contribution in [-0.4, -0.2) is 27.0 Å². The van der Waals surface area contributed by atoms with Crippen molar-refractivity contribution in [1.29, 1.82) is 0 Å². The highest BCUT2D eigenvalue weighted by Crippen LogP contribution is 2.28. The zero-order valence-electron chi connectivity index (χ0n) is 13.2. The molecule has 2 aromatic heterocycles. The summed E-state index contributed by atoms with van der Waals surface area (Å²) >= 11 is 0. The first kappa shape index (κ1) is 15.4. The highest BCUT2D eigenvalue weighted by molar-refractivity contribution is 5.80. The lowest BCUT2D eigenvalue weighted by atomic mass is 10.1. The van der Waals surface area contributed by atoms with Crippen molar-refractivity contribution in [3.8, 4) is 0 Å². The molecule has 1 aliphatic carbocycles. The summed E-state index contributed by atoms with van der Waals surface area (Å²) in [6.45, 7) is 1.28. The molecule has 126 valence electrons. The van der Waals surface area contributed by atoms with Crippen LogP contribution in [0.3, 0.4) is 0 Å². The molecule has 4 rings (SSSR count). The Hall–Kier alpha value is -2.18. The van der Waals surface area contributed by atoms with Crippen molar-refractivity contribution in [2.45, 2.75) is 38.1 Å². The second kappa shape index (κ2) is 6.37. The molecule has 0 bridgehead atoms. The number of furan rings is 1. The Balaban J connectivity index is 1.41. The topological polar surface area (TPSA) is 63.2 Å². The molecule has 1 fully saturated rings. The zero-order chi connectivity index (χ0) is 16.5. The second-order valence-electron chi connectivity index (χ2n) is 6.52. The largest absolute Gasteiger partial charge is 0.464 e. The fraction of sp³-hybridized carbons (Fsp3) is 0.389. The van der Waals surface area contributed by atoms with E-state index in [0.717, 1.165) is 30.3 Å². The summed E-state index contributed by atoms with van der Waals surface area (Å²) in [7, 11) is 0. The molecule has 1 saturated carbocycles.